The number of hydrogen-bond donors (Lipinski definition) is 3. The highest BCUT2D eigenvalue weighted by Crippen LogP contribution is 2.33. The number of halogens is 1. The third-order valence-corrected chi connectivity index (χ3v) is 5.59. The van der Waals surface area contributed by atoms with Gasteiger partial charge < -0.3 is 20.7 Å². The number of rotatable bonds is 7. The van der Waals surface area contributed by atoms with Crippen LogP contribution in [0, 0.1) is 12.8 Å². The first-order valence-electron chi connectivity index (χ1n) is 11.1. The number of carbonyl (C=O) groups excluding carboxylic acids is 1. The fourth-order valence-corrected chi connectivity index (χ4v) is 3.90. The maximum absolute atomic E-state index is 12.1. The Hall–Kier alpha value is -2.13. The normalized spacial score (nSPS) is 18.4. The van der Waals surface area contributed by atoms with Crippen molar-refractivity contribution in [3.63, 3.8) is 0 Å². The molecule has 2 aromatic rings. The van der Waals surface area contributed by atoms with Crippen LogP contribution in [0.1, 0.15) is 52.9 Å². The standard InChI is InChI=1S/C25H34N4O2.HI/c1-4-27-24(30)21-8-5-7-19(15-21)16-28-25(26-3)29-17-22-9-6-14-31-23(22)20-12-10-18(2)11-13-20;/h5,7-8,10-13,15,22-23H,4,6,9,14,16-17H2,1-3H3,(H,27,30)(H2,26,28,29);1H. The van der Waals surface area contributed by atoms with Crippen molar-refractivity contribution in [2.75, 3.05) is 26.7 Å². The summed E-state index contributed by atoms with van der Waals surface area (Å²) in [5.74, 6) is 1.08. The van der Waals surface area contributed by atoms with Crippen LogP contribution >= 0.6 is 24.0 Å². The van der Waals surface area contributed by atoms with E-state index in [2.05, 4.69) is 52.1 Å². The molecule has 0 spiro atoms. The van der Waals surface area contributed by atoms with E-state index in [1.54, 1.807) is 7.05 Å². The van der Waals surface area contributed by atoms with Gasteiger partial charge in [-0.25, -0.2) is 0 Å². The van der Waals surface area contributed by atoms with Gasteiger partial charge in [0.25, 0.3) is 5.91 Å². The number of guanidine groups is 1. The highest BCUT2D eigenvalue weighted by Gasteiger charge is 2.27. The Bertz CT molecular complexity index is 886. The van der Waals surface area contributed by atoms with Crippen LogP contribution in [0.15, 0.2) is 53.5 Å². The van der Waals surface area contributed by atoms with Crippen molar-refractivity contribution >= 4 is 35.8 Å². The van der Waals surface area contributed by atoms with Crippen molar-refractivity contribution in [2.24, 2.45) is 10.9 Å². The molecule has 7 heteroatoms. The molecule has 1 fully saturated rings. The van der Waals surface area contributed by atoms with Gasteiger partial charge in [0.1, 0.15) is 0 Å². The number of ether oxygens (including phenoxy) is 1. The average molecular weight is 550 g/mol. The summed E-state index contributed by atoms with van der Waals surface area (Å²) >= 11 is 0. The van der Waals surface area contributed by atoms with E-state index in [4.69, 9.17) is 4.74 Å². The Morgan fingerprint density at radius 3 is 2.62 bits per heavy atom. The Morgan fingerprint density at radius 1 is 1.12 bits per heavy atom. The van der Waals surface area contributed by atoms with Gasteiger partial charge >= 0.3 is 0 Å². The van der Waals surface area contributed by atoms with Crippen molar-refractivity contribution in [2.45, 2.75) is 39.3 Å². The highest BCUT2D eigenvalue weighted by molar-refractivity contribution is 14.0. The average Bonchev–Trinajstić information content (AvgIpc) is 2.80. The van der Waals surface area contributed by atoms with E-state index in [0.717, 1.165) is 37.5 Å². The van der Waals surface area contributed by atoms with Crippen LogP contribution < -0.4 is 16.0 Å². The van der Waals surface area contributed by atoms with Gasteiger partial charge in [0.05, 0.1) is 6.10 Å². The lowest BCUT2D eigenvalue weighted by atomic mass is 9.89. The number of amides is 1. The fraction of sp³-hybridized carbons (Fsp3) is 0.440. The summed E-state index contributed by atoms with van der Waals surface area (Å²) in [5.41, 5.74) is 4.20. The predicted molar refractivity (Wildman–Crippen MR) is 141 cm³/mol. The number of aryl methyl sites for hydroxylation is 1. The summed E-state index contributed by atoms with van der Waals surface area (Å²) < 4.78 is 6.13. The highest BCUT2D eigenvalue weighted by atomic mass is 127. The van der Waals surface area contributed by atoms with Crippen LogP contribution in [0.2, 0.25) is 0 Å². The number of benzene rings is 2. The van der Waals surface area contributed by atoms with Crippen LogP contribution in [-0.4, -0.2) is 38.6 Å². The van der Waals surface area contributed by atoms with E-state index in [9.17, 15) is 4.79 Å². The molecule has 0 radical (unpaired) electrons. The molecule has 0 aliphatic carbocycles. The summed E-state index contributed by atoms with van der Waals surface area (Å²) in [4.78, 5) is 16.4. The molecule has 174 valence electrons. The monoisotopic (exact) mass is 550 g/mol. The van der Waals surface area contributed by atoms with E-state index in [1.165, 1.54) is 11.1 Å². The molecule has 2 atom stereocenters. The van der Waals surface area contributed by atoms with Gasteiger partial charge in [-0.2, -0.15) is 0 Å². The topological polar surface area (TPSA) is 74.8 Å². The molecule has 1 saturated heterocycles. The van der Waals surface area contributed by atoms with Gasteiger partial charge in [-0.05, 0) is 49.9 Å². The van der Waals surface area contributed by atoms with Gasteiger partial charge in [0.15, 0.2) is 5.96 Å². The SMILES string of the molecule is CCNC(=O)c1cccc(CNC(=NC)NCC2CCCOC2c2ccc(C)cc2)c1.I. The second-order valence-corrected chi connectivity index (χ2v) is 7.97. The van der Waals surface area contributed by atoms with Gasteiger partial charge in [-0.3, -0.25) is 9.79 Å². The summed E-state index contributed by atoms with van der Waals surface area (Å²) in [6, 6.07) is 16.3. The second kappa shape index (κ2) is 13.4. The van der Waals surface area contributed by atoms with E-state index >= 15 is 0 Å². The molecule has 0 saturated carbocycles. The number of nitrogens with one attached hydrogen (secondary N) is 3. The summed E-state index contributed by atoms with van der Waals surface area (Å²) in [6.07, 6.45) is 2.30. The third kappa shape index (κ3) is 7.48. The minimum atomic E-state index is -0.0497. The first kappa shape index (κ1) is 26.1. The molecule has 3 rings (SSSR count). The molecule has 2 unspecified atom stereocenters. The maximum Gasteiger partial charge on any atom is 0.251 e. The number of aliphatic imine (C=N–C) groups is 1. The summed E-state index contributed by atoms with van der Waals surface area (Å²) in [5, 5.41) is 9.64. The first-order chi connectivity index (χ1) is 15.1. The minimum absolute atomic E-state index is 0. The lowest BCUT2D eigenvalue weighted by Gasteiger charge is -2.32. The van der Waals surface area contributed by atoms with Gasteiger partial charge in [-0.15, -0.1) is 24.0 Å². The van der Waals surface area contributed by atoms with Gasteiger partial charge in [0.2, 0.25) is 0 Å². The Balaban J connectivity index is 0.00000363. The van der Waals surface area contributed by atoms with Gasteiger partial charge in [-0.1, -0.05) is 42.0 Å². The maximum atomic E-state index is 12.1. The van der Waals surface area contributed by atoms with Crippen molar-refractivity contribution in [1.82, 2.24) is 16.0 Å². The minimum Gasteiger partial charge on any atom is -0.373 e. The summed E-state index contributed by atoms with van der Waals surface area (Å²) in [6.45, 7) is 6.83. The zero-order valence-corrected chi connectivity index (χ0v) is 21.5. The molecule has 6 nitrogen and oxygen atoms in total. The van der Waals surface area contributed by atoms with Crippen molar-refractivity contribution < 1.29 is 9.53 Å². The molecule has 1 aliphatic heterocycles. The molecule has 2 aromatic carbocycles. The molecule has 0 aromatic heterocycles. The third-order valence-electron chi connectivity index (χ3n) is 5.59. The lowest BCUT2D eigenvalue weighted by Crippen LogP contribution is -2.41. The van der Waals surface area contributed by atoms with Crippen LogP contribution in [0.3, 0.4) is 0 Å². The van der Waals surface area contributed by atoms with Crippen LogP contribution in [0.4, 0.5) is 0 Å². The number of nitrogens with zero attached hydrogens (tertiary/aromatic N) is 1. The molecular weight excluding hydrogens is 515 g/mol. The largest absolute Gasteiger partial charge is 0.373 e. The number of hydrogen-bond acceptors (Lipinski definition) is 3. The predicted octanol–water partition coefficient (Wildman–Crippen LogP) is 4.20. The first-order valence-corrected chi connectivity index (χ1v) is 11.1. The van der Waals surface area contributed by atoms with Crippen LogP contribution in [0.5, 0.6) is 0 Å². The molecular formula is C25H35IN4O2. The van der Waals surface area contributed by atoms with E-state index in [0.29, 0.717) is 24.6 Å². The lowest BCUT2D eigenvalue weighted by molar-refractivity contribution is -0.0265. The van der Waals surface area contributed by atoms with Crippen molar-refractivity contribution in [3.05, 3.63) is 70.8 Å². The molecule has 1 heterocycles. The summed E-state index contributed by atoms with van der Waals surface area (Å²) in [7, 11) is 1.77. The van der Waals surface area contributed by atoms with Crippen molar-refractivity contribution in [1.29, 1.82) is 0 Å². The Labute approximate surface area is 208 Å². The second-order valence-electron chi connectivity index (χ2n) is 7.97. The molecule has 0 bridgehead atoms. The Morgan fingerprint density at radius 2 is 1.91 bits per heavy atom. The van der Waals surface area contributed by atoms with Crippen molar-refractivity contribution in [3.8, 4) is 0 Å². The number of carbonyl (C=O) groups is 1. The van der Waals surface area contributed by atoms with Gasteiger partial charge in [0, 0.05) is 44.8 Å². The quantitative estimate of drug-likeness (QED) is 0.275. The van der Waals surface area contributed by atoms with E-state index in [1.807, 2.05) is 31.2 Å². The van der Waals surface area contributed by atoms with Crippen LogP contribution in [-0.2, 0) is 11.3 Å². The Kier molecular flexibility index (Phi) is 11.0. The molecule has 1 aliphatic rings. The van der Waals surface area contributed by atoms with Crippen LogP contribution in [0.25, 0.3) is 0 Å². The molecule has 1 amide bonds. The fourth-order valence-electron chi connectivity index (χ4n) is 3.90. The zero-order chi connectivity index (χ0) is 22.1. The zero-order valence-electron chi connectivity index (χ0n) is 19.2. The smallest absolute Gasteiger partial charge is 0.251 e. The van der Waals surface area contributed by atoms with E-state index < -0.39 is 0 Å². The molecule has 3 N–H and O–H groups in total. The molecule has 32 heavy (non-hydrogen) atoms. The van der Waals surface area contributed by atoms with E-state index in [-0.39, 0.29) is 36.0 Å².